The van der Waals surface area contributed by atoms with Crippen molar-refractivity contribution in [1.82, 2.24) is 10.0 Å². The summed E-state index contributed by atoms with van der Waals surface area (Å²) in [5, 5.41) is 11.4. The van der Waals surface area contributed by atoms with Crippen LogP contribution in [0.25, 0.3) is 0 Å². The first-order chi connectivity index (χ1) is 6.38. The summed E-state index contributed by atoms with van der Waals surface area (Å²) in [6.07, 6.45) is 7.93. The van der Waals surface area contributed by atoms with E-state index >= 15 is 0 Å². The number of dihydropyridines is 1. The minimum absolute atomic E-state index is 0.480. The number of hydrogen-bond acceptors (Lipinski definition) is 3. The maximum Gasteiger partial charge on any atom is 0.330 e. The molecule has 3 N–H and O–H groups in total. The van der Waals surface area contributed by atoms with Crippen LogP contribution < -0.4 is 10.0 Å². The first-order valence-electron chi connectivity index (χ1n) is 4.09. The number of nitrogens with one attached hydrogen (secondary N) is 2. The van der Waals surface area contributed by atoms with E-state index in [1.54, 1.807) is 24.7 Å². The summed E-state index contributed by atoms with van der Waals surface area (Å²) in [5.41, 5.74) is 0. The lowest BCUT2D eigenvalue weighted by atomic mass is 10.2. The Hall–Kier alpha value is -1.30. The zero-order valence-corrected chi connectivity index (χ0v) is 8.91. The zero-order valence-electron chi connectivity index (χ0n) is 8.02. The van der Waals surface area contributed by atoms with E-state index in [4.69, 9.17) is 5.11 Å². The fourth-order valence-electron chi connectivity index (χ4n) is 1.03. The van der Waals surface area contributed by atoms with E-state index in [0.717, 1.165) is 0 Å². The van der Waals surface area contributed by atoms with E-state index in [1.807, 2.05) is 0 Å². The van der Waals surface area contributed by atoms with Crippen LogP contribution in [0.15, 0.2) is 24.0 Å². The fourth-order valence-corrected chi connectivity index (χ4v) is 1.75. The van der Waals surface area contributed by atoms with Crippen molar-refractivity contribution >= 4 is 16.1 Å². The Balaban J connectivity index is 2.66. The molecule has 5 nitrogen and oxygen atoms in total. The highest BCUT2D eigenvalue weighted by molar-refractivity contribution is 8.00. The zero-order chi connectivity index (χ0) is 10.8. The number of carbonyl (C=O) groups is 1. The van der Waals surface area contributed by atoms with Crippen LogP contribution in [-0.4, -0.2) is 33.8 Å². The number of allylic oxidation sites excluding steroid dienone is 2. The van der Waals surface area contributed by atoms with Gasteiger partial charge in [-0.25, -0.2) is 4.79 Å². The first-order valence-corrected chi connectivity index (χ1v) is 6.70. The Morgan fingerprint density at radius 1 is 1.64 bits per heavy atom. The van der Waals surface area contributed by atoms with Gasteiger partial charge in [0.2, 0.25) is 0 Å². The minimum Gasteiger partial charge on any atom is -0.479 e. The van der Waals surface area contributed by atoms with Gasteiger partial charge in [0.1, 0.15) is 11.9 Å². The van der Waals surface area contributed by atoms with E-state index in [1.165, 1.54) is 6.08 Å². The molecule has 0 saturated heterocycles. The van der Waals surface area contributed by atoms with Gasteiger partial charge in [-0.05, 0) is 16.2 Å². The van der Waals surface area contributed by atoms with Crippen LogP contribution in [0.3, 0.4) is 0 Å². The number of carboxylic acid groups (broad SMARTS) is 1. The molecule has 0 aromatic heterocycles. The summed E-state index contributed by atoms with van der Waals surface area (Å²) in [7, 11) is -2.40. The molecule has 0 saturated carbocycles. The molecule has 0 aliphatic carbocycles. The summed E-state index contributed by atoms with van der Waals surface area (Å²) < 4.78 is 14.1. The third kappa shape index (κ3) is 3.21. The van der Waals surface area contributed by atoms with E-state index in [2.05, 4.69) is 10.0 Å². The van der Waals surface area contributed by atoms with Crippen molar-refractivity contribution in [3.8, 4) is 0 Å². The summed E-state index contributed by atoms with van der Waals surface area (Å²) >= 11 is 0. The van der Waals surface area contributed by atoms with Crippen LogP contribution in [0.4, 0.5) is 0 Å². The van der Waals surface area contributed by atoms with Gasteiger partial charge in [0.15, 0.2) is 0 Å². The number of hydrogen-bond donors (Lipinski definition) is 4. The SMILES string of the molecule is C[SH](C)(=O)NC1=CC=CC(C(=O)O)N1. The predicted molar refractivity (Wildman–Crippen MR) is 56.3 cm³/mol. The van der Waals surface area contributed by atoms with Gasteiger partial charge in [0, 0.05) is 12.5 Å². The smallest absolute Gasteiger partial charge is 0.330 e. The van der Waals surface area contributed by atoms with Crippen LogP contribution in [0.5, 0.6) is 0 Å². The lowest BCUT2D eigenvalue weighted by Gasteiger charge is -2.23. The van der Waals surface area contributed by atoms with E-state index in [9.17, 15) is 9.00 Å². The van der Waals surface area contributed by atoms with Crippen molar-refractivity contribution in [2.24, 2.45) is 0 Å². The Morgan fingerprint density at radius 3 is 2.79 bits per heavy atom. The summed E-state index contributed by atoms with van der Waals surface area (Å²) in [5.74, 6) is -0.482. The monoisotopic (exact) mass is 218 g/mol. The molecule has 6 heteroatoms. The highest BCUT2D eigenvalue weighted by atomic mass is 32.3. The van der Waals surface area contributed by atoms with Gasteiger partial charge in [-0.1, -0.05) is 12.2 Å². The van der Waals surface area contributed by atoms with Crippen molar-refractivity contribution in [3.63, 3.8) is 0 Å². The van der Waals surface area contributed by atoms with Crippen LogP contribution in [0.1, 0.15) is 0 Å². The lowest BCUT2D eigenvalue weighted by Crippen LogP contribution is -2.43. The quantitative estimate of drug-likeness (QED) is 0.469. The molecule has 0 aromatic carbocycles. The Labute approximate surface area is 83.4 Å². The fraction of sp³-hybridized carbons (Fsp3) is 0.375. The molecule has 1 rings (SSSR count). The molecular formula is C8H14N2O3S. The molecule has 0 spiro atoms. The van der Waals surface area contributed by atoms with Crippen molar-refractivity contribution in [1.29, 1.82) is 0 Å². The molecule has 1 aliphatic rings. The largest absolute Gasteiger partial charge is 0.479 e. The molecule has 0 bridgehead atoms. The number of thiol groups is 1. The van der Waals surface area contributed by atoms with Gasteiger partial charge in [-0.3, -0.25) is 4.21 Å². The highest BCUT2D eigenvalue weighted by Gasteiger charge is 2.17. The first kappa shape index (κ1) is 10.8. The Morgan fingerprint density at radius 2 is 2.29 bits per heavy atom. The van der Waals surface area contributed by atoms with Gasteiger partial charge < -0.3 is 15.1 Å². The van der Waals surface area contributed by atoms with E-state index in [0.29, 0.717) is 5.82 Å². The van der Waals surface area contributed by atoms with Gasteiger partial charge in [0.05, 0.1) is 0 Å². The molecule has 1 unspecified atom stereocenters. The second-order valence-corrected chi connectivity index (χ2v) is 6.31. The second-order valence-electron chi connectivity index (χ2n) is 3.39. The van der Waals surface area contributed by atoms with Crippen molar-refractivity contribution in [3.05, 3.63) is 24.0 Å². The average Bonchev–Trinajstić information content (AvgIpc) is 2.01. The summed E-state index contributed by atoms with van der Waals surface area (Å²) in [6.45, 7) is 0. The molecule has 14 heavy (non-hydrogen) atoms. The topological polar surface area (TPSA) is 78.4 Å². The third-order valence-electron chi connectivity index (χ3n) is 1.53. The normalized spacial score (nSPS) is 22.1. The summed E-state index contributed by atoms with van der Waals surface area (Å²) in [6, 6.07) is -0.756. The lowest BCUT2D eigenvalue weighted by molar-refractivity contribution is -0.138. The van der Waals surface area contributed by atoms with E-state index in [-0.39, 0.29) is 0 Å². The molecule has 1 aliphatic heterocycles. The van der Waals surface area contributed by atoms with Crippen LogP contribution in [0.2, 0.25) is 0 Å². The third-order valence-corrected chi connectivity index (χ3v) is 2.31. The van der Waals surface area contributed by atoms with Crippen molar-refractivity contribution in [2.75, 3.05) is 12.5 Å². The predicted octanol–water partition coefficient (Wildman–Crippen LogP) is -0.779. The van der Waals surface area contributed by atoms with Gasteiger partial charge in [-0.2, -0.15) is 0 Å². The summed E-state index contributed by atoms with van der Waals surface area (Å²) in [4.78, 5) is 10.6. The number of rotatable bonds is 3. The average molecular weight is 218 g/mol. The van der Waals surface area contributed by atoms with Crippen molar-refractivity contribution in [2.45, 2.75) is 6.04 Å². The van der Waals surface area contributed by atoms with Crippen LogP contribution >= 0.6 is 0 Å². The molecular weight excluding hydrogens is 204 g/mol. The molecule has 0 amide bonds. The molecule has 0 aromatic rings. The van der Waals surface area contributed by atoms with Crippen molar-refractivity contribution < 1.29 is 14.1 Å². The maximum absolute atomic E-state index is 11.4. The molecule has 80 valence electrons. The molecule has 0 fully saturated rings. The molecule has 1 heterocycles. The Bertz CT molecular complexity index is 342. The second kappa shape index (κ2) is 3.83. The van der Waals surface area contributed by atoms with Gasteiger partial charge >= 0.3 is 5.97 Å². The van der Waals surface area contributed by atoms with Crippen LogP contribution in [0, 0.1) is 0 Å². The highest BCUT2D eigenvalue weighted by Crippen LogP contribution is 2.02. The van der Waals surface area contributed by atoms with Crippen LogP contribution in [-0.2, 0) is 14.9 Å². The Kier molecular flexibility index (Phi) is 2.95. The van der Waals surface area contributed by atoms with Gasteiger partial charge in [-0.15, -0.1) is 0 Å². The number of aliphatic carboxylic acids is 1. The minimum atomic E-state index is -2.40. The number of carboxylic acids is 1. The van der Waals surface area contributed by atoms with Gasteiger partial charge in [0.25, 0.3) is 0 Å². The maximum atomic E-state index is 11.4. The standard InChI is InChI=1S/C8H14N2O3S/c1-14(2,13)10-7-5-3-4-6(9-7)8(11)12/h3-6,9,14H,1-2H3,(H,10,13)(H,11,12). The molecule has 1 atom stereocenters. The molecule has 0 radical (unpaired) electrons. The van der Waals surface area contributed by atoms with E-state index < -0.39 is 22.1 Å².